The lowest BCUT2D eigenvalue weighted by molar-refractivity contribution is 0.319. The van der Waals surface area contributed by atoms with E-state index in [1.54, 1.807) is 0 Å². The summed E-state index contributed by atoms with van der Waals surface area (Å²) in [4.78, 5) is 0. The molecular weight excluding hydrogens is 168 g/mol. The molecule has 76 valence electrons. The van der Waals surface area contributed by atoms with Crippen molar-refractivity contribution in [3.63, 3.8) is 0 Å². The van der Waals surface area contributed by atoms with Gasteiger partial charge >= 0.3 is 0 Å². The second-order valence-electron chi connectivity index (χ2n) is 4.54. The van der Waals surface area contributed by atoms with Crippen LogP contribution in [0.25, 0.3) is 0 Å². The normalized spacial score (nSPS) is 24.1. The molecule has 0 radical (unpaired) electrons. The van der Waals surface area contributed by atoms with Crippen LogP contribution in [0.4, 0.5) is 0 Å². The van der Waals surface area contributed by atoms with Crippen LogP contribution in [0.5, 0.6) is 0 Å². The summed E-state index contributed by atoms with van der Waals surface area (Å²) in [6, 6.07) is 0. The van der Waals surface area contributed by atoms with Gasteiger partial charge in [-0.2, -0.15) is 0 Å². The van der Waals surface area contributed by atoms with E-state index in [1.807, 2.05) is 0 Å². The molecule has 2 aliphatic rings. The zero-order chi connectivity index (χ0) is 9.80. The van der Waals surface area contributed by atoms with Crippen LogP contribution in [-0.4, -0.2) is 0 Å². The van der Waals surface area contributed by atoms with E-state index in [4.69, 9.17) is 0 Å². The maximum Gasteiger partial charge on any atom is -0.0281 e. The number of rotatable bonds is 4. The van der Waals surface area contributed by atoms with Gasteiger partial charge in [0.1, 0.15) is 0 Å². The minimum absolute atomic E-state index is 1.000. The molecule has 1 saturated carbocycles. The summed E-state index contributed by atoms with van der Waals surface area (Å²) in [5.41, 5.74) is 2.95. The van der Waals surface area contributed by atoms with Gasteiger partial charge in [-0.15, -0.1) is 0 Å². The van der Waals surface area contributed by atoms with Gasteiger partial charge in [0.25, 0.3) is 0 Å². The Labute approximate surface area is 87.4 Å². The molecule has 0 amide bonds. The molecule has 0 aliphatic heterocycles. The highest BCUT2D eigenvalue weighted by atomic mass is 14.2. The molecule has 2 aliphatic carbocycles. The van der Waals surface area contributed by atoms with Crippen molar-refractivity contribution < 1.29 is 0 Å². The first-order valence-corrected chi connectivity index (χ1v) is 5.97. The van der Waals surface area contributed by atoms with Gasteiger partial charge in [0.2, 0.25) is 0 Å². The molecule has 0 bridgehead atoms. The van der Waals surface area contributed by atoms with Gasteiger partial charge in [-0.05, 0) is 29.9 Å². The molecule has 1 fully saturated rings. The Bertz CT molecular complexity index is 274. The maximum absolute atomic E-state index is 2.42. The van der Waals surface area contributed by atoms with Gasteiger partial charge in [-0.1, -0.05) is 56.9 Å². The van der Waals surface area contributed by atoms with Gasteiger partial charge < -0.3 is 0 Å². The third-order valence-corrected chi connectivity index (χ3v) is 3.29. The second-order valence-corrected chi connectivity index (χ2v) is 4.54. The molecule has 0 spiro atoms. The molecule has 0 N–H and O–H groups in total. The van der Waals surface area contributed by atoms with Crippen LogP contribution in [0.3, 0.4) is 0 Å². The van der Waals surface area contributed by atoms with Crippen molar-refractivity contribution in [1.29, 1.82) is 0 Å². The van der Waals surface area contributed by atoms with Crippen LogP contribution in [0, 0.1) is 5.92 Å². The summed E-state index contributed by atoms with van der Waals surface area (Å²) >= 11 is 0. The van der Waals surface area contributed by atoms with Crippen LogP contribution in [0.2, 0.25) is 0 Å². The van der Waals surface area contributed by atoms with Gasteiger partial charge in [0.05, 0.1) is 0 Å². The molecule has 0 nitrogen and oxygen atoms in total. The van der Waals surface area contributed by atoms with E-state index in [9.17, 15) is 0 Å². The standard InChI is InChI=1S/C14H20/c1-2-4-13-9-10-14(11-13)8-7-12-5-3-6-12/h8-12H,2-7H2,1H3/b14-8+. The van der Waals surface area contributed by atoms with Crippen molar-refractivity contribution in [3.8, 4) is 0 Å². The SMILES string of the molecule is CCCC1=C/C(=C/CC2CCC2)C=C1. The van der Waals surface area contributed by atoms with Gasteiger partial charge in [0.15, 0.2) is 0 Å². The zero-order valence-electron chi connectivity index (χ0n) is 9.13. The smallest absolute Gasteiger partial charge is 0.0281 e. The fourth-order valence-electron chi connectivity index (χ4n) is 2.12. The lowest BCUT2D eigenvalue weighted by Crippen LogP contribution is -2.09. The lowest BCUT2D eigenvalue weighted by Gasteiger charge is -2.23. The molecule has 0 saturated heterocycles. The van der Waals surface area contributed by atoms with E-state index < -0.39 is 0 Å². The maximum atomic E-state index is 2.42. The monoisotopic (exact) mass is 188 g/mol. The van der Waals surface area contributed by atoms with Gasteiger partial charge in [0, 0.05) is 0 Å². The van der Waals surface area contributed by atoms with Crippen LogP contribution >= 0.6 is 0 Å². The van der Waals surface area contributed by atoms with Gasteiger partial charge in [-0.25, -0.2) is 0 Å². The van der Waals surface area contributed by atoms with E-state index >= 15 is 0 Å². The van der Waals surface area contributed by atoms with Crippen molar-refractivity contribution in [2.75, 3.05) is 0 Å². The quantitative estimate of drug-likeness (QED) is 0.613. The fourth-order valence-corrected chi connectivity index (χ4v) is 2.12. The van der Waals surface area contributed by atoms with E-state index in [0.29, 0.717) is 0 Å². The Hall–Kier alpha value is -0.780. The van der Waals surface area contributed by atoms with Crippen molar-refractivity contribution in [3.05, 3.63) is 35.5 Å². The Morgan fingerprint density at radius 1 is 1.36 bits per heavy atom. The molecular formula is C14H20. The van der Waals surface area contributed by atoms with E-state index in [1.165, 1.54) is 49.7 Å². The van der Waals surface area contributed by atoms with Crippen LogP contribution < -0.4 is 0 Å². The first kappa shape index (κ1) is 9.76. The minimum atomic E-state index is 1.000. The highest BCUT2D eigenvalue weighted by Gasteiger charge is 2.15. The Morgan fingerprint density at radius 3 is 2.86 bits per heavy atom. The van der Waals surface area contributed by atoms with E-state index in [0.717, 1.165) is 5.92 Å². The highest BCUT2D eigenvalue weighted by molar-refractivity contribution is 5.45. The Balaban J connectivity index is 1.84. The number of hydrogen-bond acceptors (Lipinski definition) is 0. The lowest BCUT2D eigenvalue weighted by atomic mass is 9.82. The molecule has 0 heterocycles. The molecule has 0 heteroatoms. The molecule has 2 rings (SSSR count). The van der Waals surface area contributed by atoms with Crippen LogP contribution in [0.15, 0.2) is 35.5 Å². The molecule has 0 aromatic rings. The zero-order valence-corrected chi connectivity index (χ0v) is 9.13. The summed E-state index contributed by atoms with van der Waals surface area (Å²) < 4.78 is 0. The van der Waals surface area contributed by atoms with Crippen molar-refractivity contribution in [2.45, 2.75) is 45.4 Å². The first-order chi connectivity index (χ1) is 6.88. The fraction of sp³-hybridized carbons (Fsp3) is 0.571. The largest absolute Gasteiger partial charge is 0.0770 e. The summed E-state index contributed by atoms with van der Waals surface area (Å²) in [5.74, 6) is 1.000. The number of hydrogen-bond donors (Lipinski definition) is 0. The molecule has 0 unspecified atom stereocenters. The third kappa shape index (κ3) is 2.37. The Morgan fingerprint density at radius 2 is 2.21 bits per heavy atom. The van der Waals surface area contributed by atoms with Crippen molar-refractivity contribution in [2.24, 2.45) is 5.92 Å². The summed E-state index contributed by atoms with van der Waals surface area (Å²) in [5, 5.41) is 0. The van der Waals surface area contributed by atoms with Crippen molar-refractivity contribution in [1.82, 2.24) is 0 Å². The average Bonchev–Trinajstić information content (AvgIpc) is 2.51. The molecule has 0 aromatic heterocycles. The average molecular weight is 188 g/mol. The highest BCUT2D eigenvalue weighted by Crippen LogP contribution is 2.30. The predicted octanol–water partition coefficient (Wildman–Crippen LogP) is 4.40. The first-order valence-electron chi connectivity index (χ1n) is 5.97. The second kappa shape index (κ2) is 4.63. The summed E-state index contributed by atoms with van der Waals surface area (Å²) in [6.07, 6.45) is 17.5. The van der Waals surface area contributed by atoms with Gasteiger partial charge in [-0.3, -0.25) is 0 Å². The van der Waals surface area contributed by atoms with Crippen molar-refractivity contribution >= 4 is 0 Å². The van der Waals surface area contributed by atoms with E-state index in [-0.39, 0.29) is 0 Å². The topological polar surface area (TPSA) is 0 Å². The Kier molecular flexibility index (Phi) is 3.23. The van der Waals surface area contributed by atoms with Crippen LogP contribution in [0.1, 0.15) is 45.4 Å². The van der Waals surface area contributed by atoms with E-state index in [2.05, 4.69) is 31.2 Å². The summed E-state index contributed by atoms with van der Waals surface area (Å²) in [7, 11) is 0. The molecule has 14 heavy (non-hydrogen) atoms. The number of allylic oxidation sites excluding steroid dienone is 6. The third-order valence-electron chi connectivity index (χ3n) is 3.29. The molecule has 0 atom stereocenters. The summed E-state index contributed by atoms with van der Waals surface area (Å²) in [6.45, 7) is 2.24. The molecule has 0 aromatic carbocycles. The van der Waals surface area contributed by atoms with Crippen LogP contribution in [-0.2, 0) is 0 Å². The predicted molar refractivity (Wildman–Crippen MR) is 62.2 cm³/mol. The minimum Gasteiger partial charge on any atom is -0.0770 e.